The van der Waals surface area contributed by atoms with Crippen LogP contribution in [0.3, 0.4) is 0 Å². The molecule has 0 heterocycles. The number of carbonyl (C=O) groups excluding carboxylic acids is 1. The minimum atomic E-state index is -4.01. The molecule has 0 radical (unpaired) electrons. The Morgan fingerprint density at radius 3 is 1.19 bits per heavy atom. The Kier molecular flexibility index (Phi) is 10.5. The van der Waals surface area contributed by atoms with Gasteiger partial charge in [0.05, 0.1) is 23.5 Å². The zero-order valence-electron chi connectivity index (χ0n) is 17.0. The van der Waals surface area contributed by atoms with E-state index in [0.29, 0.717) is 25.7 Å². The molecule has 26 heavy (non-hydrogen) atoms. The summed E-state index contributed by atoms with van der Waals surface area (Å²) in [5, 5.41) is -2.36. The van der Waals surface area contributed by atoms with Gasteiger partial charge in [0.15, 0.2) is 0 Å². The molecule has 2 atom stereocenters. The first kappa shape index (κ1) is 26.0. The Morgan fingerprint density at radius 1 is 0.731 bits per heavy atom. The number of rotatable bonds is 14. The summed E-state index contributed by atoms with van der Waals surface area (Å²) >= 11 is 0. The van der Waals surface area contributed by atoms with Crippen molar-refractivity contribution >= 4 is 21.0 Å². The third-order valence-corrected chi connectivity index (χ3v) is 10.7. The second-order valence-corrected chi connectivity index (χ2v) is 11.1. The molecule has 0 fully saturated rings. The van der Waals surface area contributed by atoms with E-state index in [2.05, 4.69) is 0 Å². The maximum atomic E-state index is 12.8. The monoisotopic (exact) mass is 414 g/mol. The van der Waals surface area contributed by atoms with Crippen molar-refractivity contribution in [1.82, 2.24) is 0 Å². The third-order valence-electron chi connectivity index (χ3n) is 5.49. The summed E-state index contributed by atoms with van der Waals surface area (Å²) in [7, 11) is -8.01. The van der Waals surface area contributed by atoms with Crippen LogP contribution in [0.4, 0.5) is 0 Å². The molecule has 2 N–H and O–H groups in total. The highest BCUT2D eigenvalue weighted by atomic mass is 31.2. The largest absolute Gasteiger partial charge is 0.334 e. The number of Topliss-reactive ketones (excluding diaryl/α,β-unsaturated/α-hetero) is 1. The van der Waals surface area contributed by atoms with Gasteiger partial charge in [-0.25, -0.2) is 0 Å². The zero-order valence-corrected chi connectivity index (χ0v) is 18.8. The van der Waals surface area contributed by atoms with Crippen molar-refractivity contribution in [1.29, 1.82) is 0 Å². The summed E-state index contributed by atoms with van der Waals surface area (Å²) in [6.07, 6.45) is 0.878. The molecule has 0 saturated heterocycles. The molecule has 0 rings (SSSR count). The molecule has 0 spiro atoms. The van der Waals surface area contributed by atoms with Crippen LogP contribution in [-0.2, 0) is 23.0 Å². The van der Waals surface area contributed by atoms with Gasteiger partial charge in [0.25, 0.3) is 0 Å². The Labute approximate surface area is 157 Å². The second kappa shape index (κ2) is 10.5. The predicted molar refractivity (Wildman–Crippen MR) is 104 cm³/mol. The smallest absolute Gasteiger partial charge is 0.324 e. The van der Waals surface area contributed by atoms with Crippen LogP contribution in [0.2, 0.25) is 0 Å². The van der Waals surface area contributed by atoms with E-state index in [1.807, 2.05) is 0 Å². The van der Waals surface area contributed by atoms with E-state index < -0.39 is 25.5 Å². The lowest BCUT2D eigenvalue weighted by Gasteiger charge is -2.37. The van der Waals surface area contributed by atoms with Crippen LogP contribution in [0.25, 0.3) is 0 Å². The lowest BCUT2D eigenvalue weighted by atomic mass is 9.89. The average molecular weight is 414 g/mol. The number of ketones is 1. The van der Waals surface area contributed by atoms with E-state index in [-0.39, 0.29) is 31.8 Å². The first-order valence-electron chi connectivity index (χ1n) is 9.43. The standard InChI is InChI=1S/C17H36O7P2/c1-7-16(8-2,25(19,20)23-11-5)13-15(18)14-17(9-3,10-4)26(21,22)24-12-6/h7-14H2,1-6H3,(H,19,20)(H,21,22). The molecule has 0 saturated carbocycles. The van der Waals surface area contributed by atoms with Crippen molar-refractivity contribution in [3.63, 3.8) is 0 Å². The minimum absolute atomic E-state index is 0.0771. The van der Waals surface area contributed by atoms with E-state index >= 15 is 0 Å². The van der Waals surface area contributed by atoms with Gasteiger partial charge in [-0.15, -0.1) is 0 Å². The van der Waals surface area contributed by atoms with E-state index in [4.69, 9.17) is 9.05 Å². The fourth-order valence-corrected chi connectivity index (χ4v) is 7.02. The molecule has 0 aromatic rings. The van der Waals surface area contributed by atoms with Gasteiger partial charge >= 0.3 is 15.2 Å². The third kappa shape index (κ3) is 5.50. The summed E-state index contributed by atoms with van der Waals surface area (Å²) in [5.41, 5.74) is 0. The summed E-state index contributed by atoms with van der Waals surface area (Å²) in [4.78, 5) is 33.6. The van der Waals surface area contributed by atoms with Gasteiger partial charge in [-0.05, 0) is 39.5 Å². The Balaban J connectivity index is 5.69. The molecule has 156 valence electrons. The number of carbonyl (C=O) groups is 1. The highest BCUT2D eigenvalue weighted by molar-refractivity contribution is 7.55. The van der Waals surface area contributed by atoms with Gasteiger partial charge in [-0.1, -0.05) is 27.7 Å². The molecule has 0 aliphatic carbocycles. The van der Waals surface area contributed by atoms with E-state index in [0.717, 1.165) is 0 Å². The molecule has 0 bridgehead atoms. The molecule has 7 nitrogen and oxygen atoms in total. The maximum absolute atomic E-state index is 12.8. The van der Waals surface area contributed by atoms with Crippen LogP contribution < -0.4 is 0 Å². The van der Waals surface area contributed by atoms with E-state index in [1.165, 1.54) is 0 Å². The lowest BCUT2D eigenvalue weighted by Crippen LogP contribution is -2.36. The van der Waals surface area contributed by atoms with Gasteiger partial charge in [0, 0.05) is 12.8 Å². The van der Waals surface area contributed by atoms with Crippen LogP contribution in [0.1, 0.15) is 80.1 Å². The van der Waals surface area contributed by atoms with Crippen LogP contribution in [0, 0.1) is 0 Å². The zero-order chi connectivity index (χ0) is 20.6. The number of hydrogen-bond acceptors (Lipinski definition) is 5. The maximum Gasteiger partial charge on any atom is 0.334 e. The summed E-state index contributed by atoms with van der Waals surface area (Å²) in [6.45, 7) is 10.4. The SMILES string of the molecule is CCOP(=O)(O)C(CC)(CC)CC(=O)CC(CC)(CC)P(=O)(O)OCC. The summed E-state index contributed by atoms with van der Waals surface area (Å²) in [6, 6.07) is 0. The quantitative estimate of drug-likeness (QED) is 0.389. The molecule has 0 aromatic carbocycles. The van der Waals surface area contributed by atoms with E-state index in [1.54, 1.807) is 41.5 Å². The van der Waals surface area contributed by atoms with Crippen LogP contribution in [-0.4, -0.2) is 39.1 Å². The van der Waals surface area contributed by atoms with Gasteiger partial charge in [0.2, 0.25) is 0 Å². The second-order valence-electron chi connectivity index (χ2n) is 6.63. The topological polar surface area (TPSA) is 110 Å². The van der Waals surface area contributed by atoms with Crippen LogP contribution >= 0.6 is 15.2 Å². The molecular formula is C17H36O7P2. The molecule has 0 aliphatic rings. The summed E-state index contributed by atoms with van der Waals surface area (Å²) < 4.78 is 35.6. The predicted octanol–water partition coefficient (Wildman–Crippen LogP) is 4.90. The molecule has 2 unspecified atom stereocenters. The van der Waals surface area contributed by atoms with Crippen molar-refractivity contribution in [3.05, 3.63) is 0 Å². The van der Waals surface area contributed by atoms with Gasteiger partial charge < -0.3 is 18.8 Å². The van der Waals surface area contributed by atoms with Crippen molar-refractivity contribution in [2.45, 2.75) is 90.4 Å². The molecule has 0 aliphatic heterocycles. The van der Waals surface area contributed by atoms with Crippen molar-refractivity contribution in [2.24, 2.45) is 0 Å². The van der Waals surface area contributed by atoms with Crippen molar-refractivity contribution in [3.8, 4) is 0 Å². The van der Waals surface area contributed by atoms with Gasteiger partial charge in [-0.2, -0.15) is 0 Å². The lowest BCUT2D eigenvalue weighted by molar-refractivity contribution is -0.120. The Bertz CT molecular complexity index is 493. The van der Waals surface area contributed by atoms with Gasteiger partial charge in [-0.3, -0.25) is 13.9 Å². The Morgan fingerprint density at radius 2 is 1.00 bits per heavy atom. The first-order valence-corrected chi connectivity index (χ1v) is 12.6. The van der Waals surface area contributed by atoms with E-state index in [9.17, 15) is 23.7 Å². The Hall–Kier alpha value is -0.0300. The minimum Gasteiger partial charge on any atom is -0.324 e. The molecule has 9 heteroatoms. The van der Waals surface area contributed by atoms with Crippen LogP contribution in [0.15, 0.2) is 0 Å². The highest BCUT2D eigenvalue weighted by Gasteiger charge is 2.51. The number of hydrogen-bond donors (Lipinski definition) is 2. The van der Waals surface area contributed by atoms with Crippen LogP contribution in [0.5, 0.6) is 0 Å². The fraction of sp³-hybridized carbons (Fsp3) is 0.941. The van der Waals surface area contributed by atoms with Crippen molar-refractivity contribution in [2.75, 3.05) is 13.2 Å². The average Bonchev–Trinajstić information content (AvgIpc) is 2.57. The fourth-order valence-electron chi connectivity index (χ4n) is 3.42. The molecule has 0 amide bonds. The first-order chi connectivity index (χ1) is 12.0. The molecular weight excluding hydrogens is 378 g/mol. The normalized spacial score (nSPS) is 17.5. The highest BCUT2D eigenvalue weighted by Crippen LogP contribution is 2.63. The van der Waals surface area contributed by atoms with Crippen molar-refractivity contribution < 1.29 is 32.8 Å². The summed E-state index contributed by atoms with van der Waals surface area (Å²) in [5.74, 6) is -0.319. The molecule has 0 aromatic heterocycles. The van der Waals surface area contributed by atoms with Gasteiger partial charge in [0.1, 0.15) is 5.78 Å².